The molecule has 0 spiro atoms. The average molecular weight is 267 g/mol. The summed E-state index contributed by atoms with van der Waals surface area (Å²) in [5.74, 6) is 0.857. The lowest BCUT2D eigenvalue weighted by Gasteiger charge is -2.06. The van der Waals surface area contributed by atoms with Crippen molar-refractivity contribution < 1.29 is 0 Å². The van der Waals surface area contributed by atoms with Crippen LogP contribution in [0.25, 0.3) is 22.3 Å². The fourth-order valence-corrected chi connectivity index (χ4v) is 2.24. The number of hydrogen-bond donors (Lipinski definition) is 2. The Hall–Kier alpha value is -2.27. The summed E-state index contributed by atoms with van der Waals surface area (Å²) in [6.07, 6.45) is 3.42. The highest BCUT2D eigenvalue weighted by Crippen LogP contribution is 2.22. The number of nitrogens with zero attached hydrogens (tertiary/aromatic N) is 3. The van der Waals surface area contributed by atoms with Crippen LogP contribution in [-0.2, 0) is 6.42 Å². The van der Waals surface area contributed by atoms with Gasteiger partial charge in [-0.3, -0.25) is 0 Å². The second-order valence-corrected chi connectivity index (χ2v) is 4.84. The van der Waals surface area contributed by atoms with Gasteiger partial charge in [-0.25, -0.2) is 15.0 Å². The largest absolute Gasteiger partial charge is 0.345 e. The van der Waals surface area contributed by atoms with E-state index in [2.05, 4.69) is 26.0 Å². The standard InChI is InChI=1S/C15H17N5/c1-10-7-13(20-15(19-10)3-2-6-16)11-4-5-12-14(8-11)18-9-17-12/h4-5,7-9H,2-3,6,16H2,1H3,(H,17,18). The second kappa shape index (κ2) is 5.38. The minimum atomic E-state index is 0.659. The Labute approximate surface area is 117 Å². The molecule has 0 radical (unpaired) electrons. The maximum Gasteiger partial charge on any atom is 0.129 e. The first-order valence-corrected chi connectivity index (χ1v) is 6.74. The molecule has 102 valence electrons. The molecule has 3 aromatic rings. The Morgan fingerprint density at radius 1 is 1.20 bits per heavy atom. The zero-order valence-corrected chi connectivity index (χ0v) is 11.4. The van der Waals surface area contributed by atoms with Crippen molar-refractivity contribution in [3.8, 4) is 11.3 Å². The van der Waals surface area contributed by atoms with Gasteiger partial charge in [0.1, 0.15) is 5.82 Å². The first-order chi connectivity index (χ1) is 9.76. The van der Waals surface area contributed by atoms with E-state index in [1.165, 1.54) is 0 Å². The Morgan fingerprint density at radius 2 is 2.10 bits per heavy atom. The van der Waals surface area contributed by atoms with Crippen LogP contribution in [0.3, 0.4) is 0 Å². The van der Waals surface area contributed by atoms with Gasteiger partial charge in [0.15, 0.2) is 0 Å². The lowest BCUT2D eigenvalue weighted by molar-refractivity contribution is 0.777. The van der Waals surface area contributed by atoms with E-state index in [4.69, 9.17) is 5.73 Å². The summed E-state index contributed by atoms with van der Waals surface area (Å²) in [5.41, 5.74) is 10.5. The van der Waals surface area contributed by atoms with Gasteiger partial charge in [-0.1, -0.05) is 6.07 Å². The molecule has 2 aromatic heterocycles. The first-order valence-electron chi connectivity index (χ1n) is 6.74. The van der Waals surface area contributed by atoms with Gasteiger partial charge >= 0.3 is 0 Å². The van der Waals surface area contributed by atoms with E-state index in [-0.39, 0.29) is 0 Å². The molecule has 5 heteroatoms. The molecule has 0 fully saturated rings. The van der Waals surface area contributed by atoms with Crippen LogP contribution < -0.4 is 5.73 Å². The molecule has 0 amide bonds. The van der Waals surface area contributed by atoms with Crippen molar-refractivity contribution in [1.29, 1.82) is 0 Å². The van der Waals surface area contributed by atoms with Crippen LogP contribution in [-0.4, -0.2) is 26.5 Å². The third-order valence-corrected chi connectivity index (χ3v) is 3.22. The molecular formula is C15H17N5. The molecule has 0 bridgehead atoms. The van der Waals surface area contributed by atoms with Crippen molar-refractivity contribution in [2.24, 2.45) is 5.73 Å². The molecule has 0 unspecified atom stereocenters. The van der Waals surface area contributed by atoms with Gasteiger partial charge < -0.3 is 10.7 Å². The van der Waals surface area contributed by atoms with Gasteiger partial charge in [0, 0.05) is 17.7 Å². The summed E-state index contributed by atoms with van der Waals surface area (Å²) < 4.78 is 0. The number of benzene rings is 1. The normalized spacial score (nSPS) is 11.1. The first kappa shape index (κ1) is 12.7. The molecule has 0 aliphatic rings. The summed E-state index contributed by atoms with van der Waals surface area (Å²) in [5, 5.41) is 0. The van der Waals surface area contributed by atoms with Crippen LogP contribution in [0.15, 0.2) is 30.6 Å². The smallest absolute Gasteiger partial charge is 0.129 e. The van der Waals surface area contributed by atoms with Crippen molar-refractivity contribution >= 4 is 11.0 Å². The van der Waals surface area contributed by atoms with Crippen molar-refractivity contribution in [3.63, 3.8) is 0 Å². The molecule has 0 aliphatic carbocycles. The SMILES string of the molecule is Cc1cc(-c2ccc3nc[nH]c3c2)nc(CCCN)n1. The summed E-state index contributed by atoms with van der Waals surface area (Å²) in [6, 6.07) is 8.11. The maximum atomic E-state index is 5.55. The van der Waals surface area contributed by atoms with E-state index in [1.54, 1.807) is 6.33 Å². The monoisotopic (exact) mass is 267 g/mol. The summed E-state index contributed by atoms with van der Waals surface area (Å²) in [6.45, 7) is 2.65. The Morgan fingerprint density at radius 3 is 2.95 bits per heavy atom. The minimum Gasteiger partial charge on any atom is -0.345 e. The topological polar surface area (TPSA) is 80.5 Å². The highest BCUT2D eigenvalue weighted by Gasteiger charge is 2.06. The lowest BCUT2D eigenvalue weighted by atomic mass is 10.1. The number of nitrogens with one attached hydrogen (secondary N) is 1. The van der Waals surface area contributed by atoms with Crippen LogP contribution in [0.1, 0.15) is 17.9 Å². The highest BCUT2D eigenvalue weighted by molar-refractivity contribution is 5.80. The number of aromatic amines is 1. The molecule has 3 N–H and O–H groups in total. The minimum absolute atomic E-state index is 0.659. The van der Waals surface area contributed by atoms with Crippen molar-refractivity contribution in [2.75, 3.05) is 6.54 Å². The quantitative estimate of drug-likeness (QED) is 0.759. The van der Waals surface area contributed by atoms with Gasteiger partial charge in [0.05, 0.1) is 23.1 Å². The number of imidazole rings is 1. The number of aromatic nitrogens is 4. The second-order valence-electron chi connectivity index (χ2n) is 4.84. The number of aryl methyl sites for hydroxylation is 2. The van der Waals surface area contributed by atoms with Crippen LogP contribution in [0.4, 0.5) is 0 Å². The van der Waals surface area contributed by atoms with Crippen LogP contribution >= 0.6 is 0 Å². The zero-order valence-electron chi connectivity index (χ0n) is 11.4. The van der Waals surface area contributed by atoms with E-state index in [1.807, 2.05) is 25.1 Å². The fraction of sp³-hybridized carbons (Fsp3) is 0.267. The molecule has 0 aliphatic heterocycles. The highest BCUT2D eigenvalue weighted by atomic mass is 14.9. The van der Waals surface area contributed by atoms with Crippen molar-refractivity contribution in [1.82, 2.24) is 19.9 Å². The zero-order chi connectivity index (χ0) is 13.9. The summed E-state index contributed by atoms with van der Waals surface area (Å²) in [4.78, 5) is 16.4. The van der Waals surface area contributed by atoms with Crippen LogP contribution in [0, 0.1) is 6.92 Å². The number of rotatable bonds is 4. The van der Waals surface area contributed by atoms with Crippen LogP contribution in [0.5, 0.6) is 0 Å². The summed E-state index contributed by atoms with van der Waals surface area (Å²) in [7, 11) is 0. The van der Waals surface area contributed by atoms with Gasteiger partial charge in [-0.05, 0) is 38.1 Å². The van der Waals surface area contributed by atoms with Gasteiger partial charge in [0.25, 0.3) is 0 Å². The Kier molecular flexibility index (Phi) is 3.43. The van der Waals surface area contributed by atoms with Gasteiger partial charge in [-0.15, -0.1) is 0 Å². The Bertz CT molecular complexity index is 732. The van der Waals surface area contributed by atoms with Crippen LogP contribution in [0.2, 0.25) is 0 Å². The number of H-pyrrole nitrogens is 1. The van der Waals surface area contributed by atoms with E-state index in [0.29, 0.717) is 6.54 Å². The third-order valence-electron chi connectivity index (χ3n) is 3.22. The van der Waals surface area contributed by atoms with E-state index in [9.17, 15) is 0 Å². The average Bonchev–Trinajstić information content (AvgIpc) is 2.92. The molecule has 0 saturated heterocycles. The molecule has 0 saturated carbocycles. The molecule has 20 heavy (non-hydrogen) atoms. The predicted molar refractivity (Wildman–Crippen MR) is 79.2 cm³/mol. The number of fused-ring (bicyclic) bond motifs is 1. The predicted octanol–water partition coefficient (Wildman–Crippen LogP) is 2.22. The molecular weight excluding hydrogens is 250 g/mol. The molecule has 5 nitrogen and oxygen atoms in total. The van der Waals surface area contributed by atoms with Gasteiger partial charge in [-0.2, -0.15) is 0 Å². The maximum absolute atomic E-state index is 5.55. The van der Waals surface area contributed by atoms with E-state index in [0.717, 1.165) is 46.7 Å². The molecule has 0 atom stereocenters. The molecule has 3 rings (SSSR count). The molecule has 2 heterocycles. The van der Waals surface area contributed by atoms with Crippen molar-refractivity contribution in [2.45, 2.75) is 19.8 Å². The summed E-state index contributed by atoms with van der Waals surface area (Å²) >= 11 is 0. The van der Waals surface area contributed by atoms with E-state index >= 15 is 0 Å². The number of nitrogens with two attached hydrogens (primary N) is 1. The fourth-order valence-electron chi connectivity index (χ4n) is 2.24. The third kappa shape index (κ3) is 2.53. The van der Waals surface area contributed by atoms with E-state index < -0.39 is 0 Å². The number of hydrogen-bond acceptors (Lipinski definition) is 4. The Balaban J connectivity index is 2.01. The molecule has 1 aromatic carbocycles. The van der Waals surface area contributed by atoms with Crippen molar-refractivity contribution in [3.05, 3.63) is 42.1 Å². The lowest BCUT2D eigenvalue weighted by Crippen LogP contribution is -2.04. The van der Waals surface area contributed by atoms with Gasteiger partial charge in [0.2, 0.25) is 0 Å².